The van der Waals surface area contributed by atoms with E-state index in [0.717, 1.165) is 49.4 Å². The summed E-state index contributed by atoms with van der Waals surface area (Å²) in [6, 6.07) is 22.5. The van der Waals surface area contributed by atoms with Gasteiger partial charge in [0.15, 0.2) is 0 Å². The number of aryl methyl sites for hydroxylation is 1. The van der Waals surface area contributed by atoms with E-state index in [1.165, 1.54) is 11.1 Å². The average molecular weight is 386 g/mol. The van der Waals surface area contributed by atoms with Crippen molar-refractivity contribution >= 4 is 11.6 Å². The summed E-state index contributed by atoms with van der Waals surface area (Å²) in [6.45, 7) is 4.69. The zero-order valence-electron chi connectivity index (χ0n) is 16.8. The van der Waals surface area contributed by atoms with Crippen molar-refractivity contribution in [2.75, 3.05) is 18.4 Å². The van der Waals surface area contributed by atoms with Gasteiger partial charge in [-0.05, 0) is 61.7 Å². The Kier molecular flexibility index (Phi) is 6.01. The Bertz CT molecular complexity index is 971. The van der Waals surface area contributed by atoms with Gasteiger partial charge in [-0.1, -0.05) is 48.0 Å². The molecule has 4 heteroatoms. The van der Waals surface area contributed by atoms with Crippen LogP contribution >= 0.6 is 0 Å². The summed E-state index contributed by atoms with van der Waals surface area (Å²) in [7, 11) is 0. The first kappa shape index (κ1) is 19.3. The standard InChI is InChI=1S/C25H27N3O/c1-19-7-4-8-20(15-19)21-9-5-12-23(16-21)27-25(29)22-10-6-14-28(17-22)18-24-11-2-3-13-26-24/h2-5,7-9,11-13,15-16,22H,6,10,14,17-18H2,1H3,(H,27,29). The number of benzene rings is 2. The Labute approximate surface area is 172 Å². The van der Waals surface area contributed by atoms with Crippen molar-refractivity contribution in [2.45, 2.75) is 26.3 Å². The second-order valence-electron chi connectivity index (χ2n) is 7.83. The number of nitrogens with zero attached hydrogens (tertiary/aromatic N) is 2. The lowest BCUT2D eigenvalue weighted by Gasteiger charge is -2.31. The number of carbonyl (C=O) groups excluding carboxylic acids is 1. The van der Waals surface area contributed by atoms with Crippen LogP contribution in [0.2, 0.25) is 0 Å². The number of hydrogen-bond acceptors (Lipinski definition) is 3. The number of piperidine rings is 1. The number of likely N-dealkylation sites (tertiary alicyclic amines) is 1. The molecule has 4 nitrogen and oxygen atoms in total. The highest BCUT2D eigenvalue weighted by molar-refractivity contribution is 5.93. The summed E-state index contributed by atoms with van der Waals surface area (Å²) >= 11 is 0. The van der Waals surface area contributed by atoms with E-state index in [2.05, 4.69) is 58.5 Å². The predicted molar refractivity (Wildman–Crippen MR) is 117 cm³/mol. The second-order valence-corrected chi connectivity index (χ2v) is 7.83. The molecule has 0 radical (unpaired) electrons. The lowest BCUT2D eigenvalue weighted by Crippen LogP contribution is -2.40. The first-order chi connectivity index (χ1) is 14.2. The fourth-order valence-corrected chi connectivity index (χ4v) is 3.98. The first-order valence-electron chi connectivity index (χ1n) is 10.3. The van der Waals surface area contributed by atoms with Gasteiger partial charge in [-0.25, -0.2) is 0 Å². The van der Waals surface area contributed by atoms with E-state index in [1.807, 2.05) is 36.5 Å². The molecular weight excluding hydrogens is 358 g/mol. The largest absolute Gasteiger partial charge is 0.326 e. The van der Waals surface area contributed by atoms with Crippen LogP contribution < -0.4 is 5.32 Å². The Hall–Kier alpha value is -2.98. The zero-order chi connectivity index (χ0) is 20.1. The van der Waals surface area contributed by atoms with Crippen LogP contribution in [0.4, 0.5) is 5.69 Å². The van der Waals surface area contributed by atoms with Crippen LogP contribution in [0.15, 0.2) is 72.9 Å². The Morgan fingerprint density at radius 1 is 1.07 bits per heavy atom. The summed E-state index contributed by atoms with van der Waals surface area (Å²) < 4.78 is 0. The highest BCUT2D eigenvalue weighted by Gasteiger charge is 2.26. The molecule has 1 saturated heterocycles. The van der Waals surface area contributed by atoms with Crippen LogP contribution in [-0.4, -0.2) is 28.9 Å². The van der Waals surface area contributed by atoms with Crippen molar-refractivity contribution in [2.24, 2.45) is 5.92 Å². The van der Waals surface area contributed by atoms with Crippen LogP contribution in [0.1, 0.15) is 24.1 Å². The van der Waals surface area contributed by atoms with Gasteiger partial charge in [0.05, 0.1) is 11.6 Å². The summed E-state index contributed by atoms with van der Waals surface area (Å²) in [5, 5.41) is 3.14. The van der Waals surface area contributed by atoms with Crippen molar-refractivity contribution in [1.29, 1.82) is 0 Å². The molecule has 1 aliphatic rings. The monoisotopic (exact) mass is 385 g/mol. The van der Waals surface area contributed by atoms with Gasteiger partial charge in [-0.15, -0.1) is 0 Å². The molecule has 1 atom stereocenters. The van der Waals surface area contributed by atoms with Gasteiger partial charge in [-0.3, -0.25) is 14.7 Å². The van der Waals surface area contributed by atoms with Gasteiger partial charge in [0.2, 0.25) is 5.91 Å². The third-order valence-corrected chi connectivity index (χ3v) is 5.47. The number of amides is 1. The van der Waals surface area contributed by atoms with Gasteiger partial charge in [0.25, 0.3) is 0 Å². The second kappa shape index (κ2) is 9.01. The van der Waals surface area contributed by atoms with E-state index in [0.29, 0.717) is 0 Å². The topological polar surface area (TPSA) is 45.2 Å². The minimum Gasteiger partial charge on any atom is -0.326 e. The molecule has 2 aromatic carbocycles. The number of carbonyl (C=O) groups is 1. The molecule has 1 fully saturated rings. The van der Waals surface area contributed by atoms with Gasteiger partial charge in [0, 0.05) is 25.0 Å². The molecule has 29 heavy (non-hydrogen) atoms. The number of rotatable bonds is 5. The van der Waals surface area contributed by atoms with Crippen molar-refractivity contribution in [1.82, 2.24) is 9.88 Å². The highest BCUT2D eigenvalue weighted by atomic mass is 16.1. The molecule has 4 rings (SSSR count). The third kappa shape index (κ3) is 5.09. The first-order valence-corrected chi connectivity index (χ1v) is 10.3. The molecule has 2 heterocycles. The Morgan fingerprint density at radius 2 is 1.90 bits per heavy atom. The number of pyridine rings is 1. The fourth-order valence-electron chi connectivity index (χ4n) is 3.98. The van der Waals surface area contributed by atoms with Gasteiger partial charge in [0.1, 0.15) is 0 Å². The Balaban J connectivity index is 1.40. The number of aromatic nitrogens is 1. The van der Waals surface area contributed by atoms with E-state index in [4.69, 9.17) is 0 Å². The lowest BCUT2D eigenvalue weighted by molar-refractivity contribution is -0.121. The zero-order valence-corrected chi connectivity index (χ0v) is 16.8. The normalized spacial score (nSPS) is 17.1. The molecular formula is C25H27N3O. The third-order valence-electron chi connectivity index (χ3n) is 5.47. The summed E-state index contributed by atoms with van der Waals surface area (Å²) in [5.74, 6) is 0.118. The number of anilines is 1. The molecule has 1 N–H and O–H groups in total. The predicted octanol–water partition coefficient (Wildman–Crippen LogP) is 4.91. The van der Waals surface area contributed by atoms with E-state index >= 15 is 0 Å². The summed E-state index contributed by atoms with van der Waals surface area (Å²) in [4.78, 5) is 19.7. The SMILES string of the molecule is Cc1cccc(-c2cccc(NC(=O)C3CCCN(Cc4ccccn4)C3)c2)c1. The van der Waals surface area contributed by atoms with Crippen molar-refractivity contribution in [3.8, 4) is 11.1 Å². The quantitative estimate of drug-likeness (QED) is 0.679. The van der Waals surface area contributed by atoms with Crippen LogP contribution in [0.5, 0.6) is 0 Å². The lowest BCUT2D eigenvalue weighted by atomic mass is 9.96. The van der Waals surface area contributed by atoms with Crippen molar-refractivity contribution in [3.63, 3.8) is 0 Å². The molecule has 3 aromatic rings. The minimum atomic E-state index is 0.00934. The Morgan fingerprint density at radius 3 is 2.69 bits per heavy atom. The van der Waals surface area contributed by atoms with E-state index in [-0.39, 0.29) is 11.8 Å². The summed E-state index contributed by atoms with van der Waals surface area (Å²) in [6.07, 6.45) is 3.79. The van der Waals surface area contributed by atoms with Gasteiger partial charge in [-0.2, -0.15) is 0 Å². The number of nitrogens with one attached hydrogen (secondary N) is 1. The van der Waals surface area contributed by atoms with E-state index in [1.54, 1.807) is 0 Å². The summed E-state index contributed by atoms with van der Waals surface area (Å²) in [5.41, 5.74) is 5.43. The van der Waals surface area contributed by atoms with Gasteiger partial charge >= 0.3 is 0 Å². The molecule has 0 aliphatic carbocycles. The molecule has 1 unspecified atom stereocenters. The van der Waals surface area contributed by atoms with Crippen molar-refractivity contribution in [3.05, 3.63) is 84.2 Å². The highest BCUT2D eigenvalue weighted by Crippen LogP contribution is 2.25. The van der Waals surface area contributed by atoms with Crippen LogP contribution in [0.25, 0.3) is 11.1 Å². The molecule has 0 spiro atoms. The smallest absolute Gasteiger partial charge is 0.228 e. The maximum atomic E-state index is 12.9. The molecule has 0 saturated carbocycles. The van der Waals surface area contributed by atoms with E-state index in [9.17, 15) is 4.79 Å². The number of hydrogen-bond donors (Lipinski definition) is 1. The van der Waals surface area contributed by atoms with E-state index < -0.39 is 0 Å². The van der Waals surface area contributed by atoms with Crippen LogP contribution in [-0.2, 0) is 11.3 Å². The van der Waals surface area contributed by atoms with Crippen LogP contribution in [0, 0.1) is 12.8 Å². The maximum absolute atomic E-state index is 12.9. The minimum absolute atomic E-state index is 0.00934. The van der Waals surface area contributed by atoms with Crippen LogP contribution in [0.3, 0.4) is 0 Å². The fraction of sp³-hybridized carbons (Fsp3) is 0.280. The van der Waals surface area contributed by atoms with Crippen molar-refractivity contribution < 1.29 is 4.79 Å². The average Bonchev–Trinajstić information content (AvgIpc) is 2.75. The van der Waals surface area contributed by atoms with Gasteiger partial charge < -0.3 is 5.32 Å². The maximum Gasteiger partial charge on any atom is 0.228 e. The molecule has 1 aliphatic heterocycles. The molecule has 0 bridgehead atoms. The molecule has 1 aromatic heterocycles. The molecule has 148 valence electrons. The molecule has 1 amide bonds.